The van der Waals surface area contributed by atoms with E-state index in [9.17, 15) is 9.59 Å². The molecule has 0 aliphatic heterocycles. The number of hydrogen-bond acceptors (Lipinski definition) is 2. The van der Waals surface area contributed by atoms with Crippen molar-refractivity contribution >= 4 is 33.4 Å². The number of carbonyl (C=O) groups is 2. The third-order valence-corrected chi connectivity index (χ3v) is 2.63. The van der Waals surface area contributed by atoms with Gasteiger partial charge in [-0.25, -0.2) is 0 Å². The van der Waals surface area contributed by atoms with Gasteiger partial charge in [-0.1, -0.05) is 34.2 Å². The summed E-state index contributed by atoms with van der Waals surface area (Å²) < 4.78 is 0.938. The molecular formula is C14H15BrN2O2. The Labute approximate surface area is 120 Å². The van der Waals surface area contributed by atoms with Gasteiger partial charge in [0.1, 0.15) is 0 Å². The third kappa shape index (κ3) is 6.57. The molecule has 4 nitrogen and oxygen atoms in total. The average Bonchev–Trinajstić information content (AvgIpc) is 2.39. The highest BCUT2D eigenvalue weighted by atomic mass is 79.9. The molecule has 0 aromatic heterocycles. The van der Waals surface area contributed by atoms with E-state index in [-0.39, 0.29) is 18.4 Å². The van der Waals surface area contributed by atoms with Crippen molar-refractivity contribution in [2.75, 3.05) is 11.9 Å². The number of hydrogen-bond donors (Lipinski definition) is 2. The Morgan fingerprint density at radius 1 is 1.21 bits per heavy atom. The van der Waals surface area contributed by atoms with E-state index in [1.54, 1.807) is 24.3 Å². The summed E-state index contributed by atoms with van der Waals surface area (Å²) >= 11 is 3.31. The van der Waals surface area contributed by atoms with Crippen LogP contribution in [-0.2, 0) is 9.59 Å². The number of nitrogens with one attached hydrogen (secondary N) is 2. The molecule has 1 aromatic carbocycles. The molecule has 0 saturated carbocycles. The molecule has 0 unspecified atom stereocenters. The Hall–Kier alpha value is -1.88. The second kappa shape index (κ2) is 8.26. The van der Waals surface area contributed by atoms with E-state index in [1.807, 2.05) is 25.1 Å². The van der Waals surface area contributed by atoms with Crippen molar-refractivity contribution in [2.24, 2.45) is 0 Å². The minimum Gasteiger partial charge on any atom is -0.343 e. The Morgan fingerprint density at radius 2 is 1.89 bits per heavy atom. The fraction of sp³-hybridized carbons (Fsp3) is 0.143. The quantitative estimate of drug-likeness (QED) is 0.646. The van der Waals surface area contributed by atoms with E-state index >= 15 is 0 Å². The molecule has 0 fully saturated rings. The molecule has 0 bridgehead atoms. The molecule has 5 heteroatoms. The highest BCUT2D eigenvalue weighted by Crippen LogP contribution is 2.13. The minimum atomic E-state index is -0.302. The summed E-state index contributed by atoms with van der Waals surface area (Å²) in [5, 5.41) is 5.17. The van der Waals surface area contributed by atoms with Crippen LogP contribution >= 0.6 is 15.9 Å². The van der Waals surface area contributed by atoms with E-state index in [0.717, 1.165) is 4.47 Å². The fourth-order valence-corrected chi connectivity index (χ4v) is 1.48. The molecule has 1 aromatic rings. The second-order valence-electron chi connectivity index (χ2n) is 3.66. The predicted octanol–water partition coefficient (Wildman–Crippen LogP) is 2.64. The lowest BCUT2D eigenvalue weighted by atomic mass is 10.3. The van der Waals surface area contributed by atoms with Crippen molar-refractivity contribution in [1.82, 2.24) is 5.32 Å². The fourth-order valence-electron chi connectivity index (χ4n) is 1.22. The molecule has 0 atom stereocenters. The molecule has 19 heavy (non-hydrogen) atoms. The zero-order valence-electron chi connectivity index (χ0n) is 10.5. The van der Waals surface area contributed by atoms with Crippen LogP contribution in [0.15, 0.2) is 53.0 Å². The van der Waals surface area contributed by atoms with E-state index in [2.05, 4.69) is 26.6 Å². The summed E-state index contributed by atoms with van der Waals surface area (Å²) in [4.78, 5) is 22.9. The topological polar surface area (TPSA) is 58.2 Å². The van der Waals surface area contributed by atoms with Crippen LogP contribution in [0.2, 0.25) is 0 Å². The molecule has 0 heterocycles. The normalized spacial score (nSPS) is 10.8. The van der Waals surface area contributed by atoms with Crippen LogP contribution in [0.4, 0.5) is 5.69 Å². The van der Waals surface area contributed by atoms with Gasteiger partial charge in [-0.05, 0) is 31.2 Å². The first-order valence-electron chi connectivity index (χ1n) is 5.74. The summed E-state index contributed by atoms with van der Waals surface area (Å²) in [6.07, 6.45) is 6.53. The maximum Gasteiger partial charge on any atom is 0.244 e. The minimum absolute atomic E-state index is 0.0604. The van der Waals surface area contributed by atoms with Gasteiger partial charge in [0, 0.05) is 16.2 Å². The van der Waals surface area contributed by atoms with Crippen LogP contribution in [-0.4, -0.2) is 18.4 Å². The third-order valence-electron chi connectivity index (χ3n) is 2.10. The van der Waals surface area contributed by atoms with Gasteiger partial charge in [0.2, 0.25) is 11.8 Å². The molecule has 0 aliphatic rings. The number of carbonyl (C=O) groups excluding carboxylic acids is 2. The lowest BCUT2D eigenvalue weighted by molar-refractivity contribution is -0.121. The van der Waals surface area contributed by atoms with E-state index in [1.165, 1.54) is 6.08 Å². The van der Waals surface area contributed by atoms with Gasteiger partial charge < -0.3 is 10.6 Å². The van der Waals surface area contributed by atoms with Crippen LogP contribution in [0.1, 0.15) is 6.92 Å². The summed E-state index contributed by atoms with van der Waals surface area (Å²) in [5.74, 6) is -0.570. The lowest BCUT2D eigenvalue weighted by Gasteiger charge is -2.05. The van der Waals surface area contributed by atoms with Crippen LogP contribution in [0.3, 0.4) is 0 Å². The predicted molar refractivity (Wildman–Crippen MR) is 79.7 cm³/mol. The van der Waals surface area contributed by atoms with Crippen LogP contribution in [0.5, 0.6) is 0 Å². The van der Waals surface area contributed by atoms with Crippen molar-refractivity contribution in [1.29, 1.82) is 0 Å². The summed E-state index contributed by atoms with van der Waals surface area (Å²) in [6.45, 7) is 1.79. The lowest BCUT2D eigenvalue weighted by Crippen LogP contribution is -2.31. The van der Waals surface area contributed by atoms with Crippen molar-refractivity contribution in [3.05, 3.63) is 53.0 Å². The zero-order chi connectivity index (χ0) is 14.1. The van der Waals surface area contributed by atoms with Gasteiger partial charge in [-0.3, -0.25) is 9.59 Å². The maximum absolute atomic E-state index is 11.6. The summed E-state index contributed by atoms with van der Waals surface area (Å²) in [6, 6.07) is 7.20. The van der Waals surface area contributed by atoms with Crippen molar-refractivity contribution in [3.63, 3.8) is 0 Å². The largest absolute Gasteiger partial charge is 0.343 e. The molecule has 0 radical (unpaired) electrons. The van der Waals surface area contributed by atoms with Crippen molar-refractivity contribution in [3.8, 4) is 0 Å². The maximum atomic E-state index is 11.6. The molecule has 1 rings (SSSR count). The number of allylic oxidation sites excluding steroid dienone is 3. The van der Waals surface area contributed by atoms with E-state index < -0.39 is 0 Å². The van der Waals surface area contributed by atoms with Gasteiger partial charge in [-0.2, -0.15) is 0 Å². The van der Waals surface area contributed by atoms with Gasteiger partial charge in [-0.15, -0.1) is 0 Å². The van der Waals surface area contributed by atoms with Gasteiger partial charge >= 0.3 is 0 Å². The Morgan fingerprint density at radius 3 is 2.53 bits per heavy atom. The zero-order valence-corrected chi connectivity index (χ0v) is 12.1. The summed E-state index contributed by atoms with van der Waals surface area (Å²) in [7, 11) is 0. The number of anilines is 1. The number of amides is 2. The van der Waals surface area contributed by atoms with Gasteiger partial charge in [0.05, 0.1) is 6.54 Å². The first-order valence-corrected chi connectivity index (χ1v) is 6.53. The number of rotatable bonds is 5. The summed E-state index contributed by atoms with van der Waals surface area (Å²) in [5.41, 5.74) is 0.687. The SMILES string of the molecule is C/C=C/C=C/C(=O)NCC(=O)Nc1ccc(Br)cc1. The molecular weight excluding hydrogens is 308 g/mol. The number of benzene rings is 1. The highest BCUT2D eigenvalue weighted by Gasteiger charge is 2.03. The molecule has 2 N–H and O–H groups in total. The Bertz CT molecular complexity index is 493. The second-order valence-corrected chi connectivity index (χ2v) is 4.57. The Kier molecular flexibility index (Phi) is 6.60. The van der Waals surface area contributed by atoms with Gasteiger partial charge in [0.15, 0.2) is 0 Å². The van der Waals surface area contributed by atoms with Crippen molar-refractivity contribution in [2.45, 2.75) is 6.92 Å². The van der Waals surface area contributed by atoms with Crippen LogP contribution in [0.25, 0.3) is 0 Å². The smallest absolute Gasteiger partial charge is 0.244 e. The molecule has 0 aliphatic carbocycles. The van der Waals surface area contributed by atoms with Crippen molar-refractivity contribution < 1.29 is 9.59 Å². The van der Waals surface area contributed by atoms with E-state index in [0.29, 0.717) is 5.69 Å². The first kappa shape index (κ1) is 15.2. The molecule has 0 spiro atoms. The molecule has 2 amide bonds. The van der Waals surface area contributed by atoms with Crippen LogP contribution < -0.4 is 10.6 Å². The van der Waals surface area contributed by atoms with Gasteiger partial charge in [0.25, 0.3) is 0 Å². The number of halogens is 1. The standard InChI is InChI=1S/C14H15BrN2O2/c1-2-3-4-5-13(18)16-10-14(19)17-12-8-6-11(15)7-9-12/h2-9H,10H2,1H3,(H,16,18)(H,17,19)/b3-2+,5-4+. The van der Waals surface area contributed by atoms with Crippen LogP contribution in [0, 0.1) is 0 Å². The molecule has 100 valence electrons. The molecule has 0 saturated heterocycles. The first-order chi connectivity index (χ1) is 9.11. The van der Waals surface area contributed by atoms with E-state index in [4.69, 9.17) is 0 Å². The monoisotopic (exact) mass is 322 g/mol. The highest BCUT2D eigenvalue weighted by molar-refractivity contribution is 9.10. The average molecular weight is 323 g/mol. The Balaban J connectivity index is 2.35.